The molecule has 226 valence electrons. The largest absolute Gasteiger partial charge is 0.508 e. The molecule has 1 aromatic heterocycles. The number of aromatic hydroxyl groups is 1. The van der Waals surface area contributed by atoms with Gasteiger partial charge in [0.2, 0.25) is 0 Å². The Hall–Kier alpha value is -3.57. The summed E-state index contributed by atoms with van der Waals surface area (Å²) in [6.45, 7) is 7.03. The molecule has 5 aliphatic heterocycles. The Morgan fingerprint density at radius 2 is 1.98 bits per heavy atom. The first-order chi connectivity index (χ1) is 20.8. The highest BCUT2D eigenvalue weighted by Gasteiger charge is 2.50. The van der Waals surface area contributed by atoms with Crippen LogP contribution in [0.4, 0.5) is 20.3 Å². The van der Waals surface area contributed by atoms with E-state index in [-0.39, 0.29) is 35.6 Å². The van der Waals surface area contributed by atoms with Crippen molar-refractivity contribution in [1.29, 1.82) is 0 Å². The van der Waals surface area contributed by atoms with E-state index in [0.29, 0.717) is 76.9 Å². The van der Waals surface area contributed by atoms with Gasteiger partial charge in [-0.25, -0.2) is 8.78 Å². The average molecular weight is 591 g/mol. The normalized spacial score (nSPS) is 28.3. The molecule has 2 unspecified atom stereocenters. The minimum absolute atomic E-state index is 0.00165. The number of aromatic nitrogens is 2. The van der Waals surface area contributed by atoms with Crippen LogP contribution in [-0.4, -0.2) is 83.5 Å². The highest BCUT2D eigenvalue weighted by molar-refractivity contribution is 6.16. The van der Waals surface area contributed by atoms with Gasteiger partial charge in [-0.1, -0.05) is 13.0 Å². The number of halogens is 2. The molecule has 0 aliphatic carbocycles. The van der Waals surface area contributed by atoms with Crippen LogP contribution in [0.25, 0.3) is 10.8 Å². The summed E-state index contributed by atoms with van der Waals surface area (Å²) >= 11 is 0. The molecule has 3 aromatic rings. The molecule has 5 aliphatic rings. The molecule has 1 amide bonds. The lowest BCUT2D eigenvalue weighted by atomic mass is 9.95. The molecule has 8 rings (SSSR count). The van der Waals surface area contributed by atoms with Gasteiger partial charge >= 0.3 is 6.01 Å². The van der Waals surface area contributed by atoms with Crippen molar-refractivity contribution in [2.24, 2.45) is 11.8 Å². The zero-order chi connectivity index (χ0) is 29.5. The third-order valence-corrected chi connectivity index (χ3v) is 10.4. The highest BCUT2D eigenvalue weighted by atomic mass is 19.1. The summed E-state index contributed by atoms with van der Waals surface area (Å²) in [4.78, 5) is 29.8. The summed E-state index contributed by atoms with van der Waals surface area (Å²) in [7, 11) is 0. The van der Waals surface area contributed by atoms with Crippen LogP contribution in [0, 0.1) is 17.7 Å². The van der Waals surface area contributed by atoms with Crippen molar-refractivity contribution in [3.05, 3.63) is 46.9 Å². The smallest absolute Gasteiger partial charge is 0.318 e. The monoisotopic (exact) mass is 590 g/mol. The van der Waals surface area contributed by atoms with Crippen LogP contribution < -0.4 is 19.9 Å². The third kappa shape index (κ3) is 4.26. The number of carbonyl (C=O) groups excluding carboxylic acids is 1. The van der Waals surface area contributed by atoms with Crippen LogP contribution in [0.5, 0.6) is 11.8 Å². The predicted octanol–water partition coefficient (Wildman–Crippen LogP) is 3.81. The number of rotatable bonds is 6. The van der Waals surface area contributed by atoms with Crippen LogP contribution in [0.15, 0.2) is 24.3 Å². The summed E-state index contributed by atoms with van der Waals surface area (Å²) < 4.78 is 35.7. The quantitative estimate of drug-likeness (QED) is 0.448. The number of fused-ring (bicyclic) bond motifs is 4. The number of aryl methyl sites for hydroxylation is 1. The second-order valence-electron chi connectivity index (χ2n) is 12.9. The number of carbonyl (C=O) groups is 1. The standard InChI is InChI=1S/C32H36F2N6O3/c1-2-23-24(34)5-4-18-8-22(41)9-26(27(18)23)40-16-25-28(30(40)42)29(38-13-19-11-35-12-20(19)14-38)37-31(36-25)43-17-32-6-3-7-39(32)15-21(33)10-32/h4-5,8-9,19-21,35,41H,2-3,6-7,10-17H2,1H3/t19?,20?,21-,32+/m1/s1. The molecule has 9 nitrogen and oxygen atoms in total. The fourth-order valence-corrected chi connectivity index (χ4v) is 8.36. The molecule has 6 heterocycles. The number of hydrogen-bond acceptors (Lipinski definition) is 8. The molecule has 4 atom stereocenters. The topological polar surface area (TPSA) is 94.1 Å². The fourth-order valence-electron chi connectivity index (χ4n) is 8.36. The summed E-state index contributed by atoms with van der Waals surface area (Å²) in [5, 5.41) is 15.3. The van der Waals surface area contributed by atoms with E-state index in [1.54, 1.807) is 17.0 Å². The number of nitrogens with zero attached hydrogens (tertiary/aromatic N) is 5. The molecule has 2 aromatic carbocycles. The Morgan fingerprint density at radius 1 is 1.16 bits per heavy atom. The van der Waals surface area contributed by atoms with Gasteiger partial charge in [0.25, 0.3) is 5.91 Å². The first-order valence-electron chi connectivity index (χ1n) is 15.5. The fraction of sp³-hybridized carbons (Fsp3) is 0.531. The van der Waals surface area contributed by atoms with Gasteiger partial charge in [0, 0.05) is 50.6 Å². The van der Waals surface area contributed by atoms with Crippen molar-refractivity contribution < 1.29 is 23.4 Å². The lowest BCUT2D eigenvalue weighted by molar-refractivity contribution is 0.0996. The molecule has 11 heteroatoms. The Balaban J connectivity index is 1.19. The lowest BCUT2D eigenvalue weighted by Crippen LogP contribution is -2.43. The zero-order valence-electron chi connectivity index (χ0n) is 24.3. The molecule has 4 saturated heterocycles. The number of hydrogen-bond donors (Lipinski definition) is 2. The number of amides is 1. The number of phenols is 1. The number of anilines is 2. The van der Waals surface area contributed by atoms with Crippen molar-refractivity contribution in [3.8, 4) is 11.8 Å². The Bertz CT molecular complexity index is 1620. The van der Waals surface area contributed by atoms with Gasteiger partial charge in [0.15, 0.2) is 0 Å². The number of alkyl halides is 1. The van der Waals surface area contributed by atoms with Crippen molar-refractivity contribution in [2.45, 2.75) is 50.9 Å². The lowest BCUT2D eigenvalue weighted by Gasteiger charge is -2.31. The zero-order valence-corrected chi connectivity index (χ0v) is 24.3. The minimum Gasteiger partial charge on any atom is -0.508 e. The van der Waals surface area contributed by atoms with E-state index in [1.807, 2.05) is 6.92 Å². The van der Waals surface area contributed by atoms with E-state index in [9.17, 15) is 18.7 Å². The minimum atomic E-state index is -0.862. The second-order valence-corrected chi connectivity index (χ2v) is 12.9. The SMILES string of the molecule is CCc1c(F)ccc2cc(O)cc(N3Cc4nc(OC[C@@]56CCCN5C[C@H](F)C6)nc(N5CC6CNCC6C5)c4C3=O)c12. The van der Waals surface area contributed by atoms with Crippen molar-refractivity contribution in [2.75, 3.05) is 55.7 Å². The van der Waals surface area contributed by atoms with Crippen LogP contribution in [0.2, 0.25) is 0 Å². The third-order valence-electron chi connectivity index (χ3n) is 10.4. The molecule has 0 saturated carbocycles. The summed E-state index contributed by atoms with van der Waals surface area (Å²) in [5.41, 5.74) is 1.57. The molecular formula is C32H36F2N6O3. The van der Waals surface area contributed by atoms with E-state index in [1.165, 1.54) is 12.1 Å². The van der Waals surface area contributed by atoms with Gasteiger partial charge in [0.05, 0.1) is 23.5 Å². The average Bonchev–Trinajstić information content (AvgIpc) is 3.78. The molecule has 0 bridgehead atoms. The van der Waals surface area contributed by atoms with Crippen molar-refractivity contribution in [3.63, 3.8) is 0 Å². The van der Waals surface area contributed by atoms with Crippen molar-refractivity contribution >= 4 is 28.2 Å². The molecular weight excluding hydrogens is 554 g/mol. The highest BCUT2D eigenvalue weighted by Crippen LogP contribution is 2.43. The molecule has 0 radical (unpaired) electrons. The van der Waals surface area contributed by atoms with Gasteiger partial charge in [-0.2, -0.15) is 9.97 Å². The van der Waals surface area contributed by atoms with E-state index in [2.05, 4.69) is 15.1 Å². The van der Waals surface area contributed by atoms with E-state index in [4.69, 9.17) is 14.7 Å². The maximum atomic E-state index is 15.0. The van der Waals surface area contributed by atoms with Gasteiger partial charge in [-0.3, -0.25) is 9.69 Å². The van der Waals surface area contributed by atoms with Gasteiger partial charge in [-0.05, 0) is 60.7 Å². The van der Waals surface area contributed by atoms with Crippen LogP contribution in [-0.2, 0) is 13.0 Å². The van der Waals surface area contributed by atoms with E-state index >= 15 is 0 Å². The van der Waals surface area contributed by atoms with Crippen LogP contribution in [0.1, 0.15) is 47.8 Å². The number of nitrogens with one attached hydrogen (secondary N) is 1. The first-order valence-corrected chi connectivity index (χ1v) is 15.5. The van der Waals surface area contributed by atoms with E-state index < -0.39 is 6.17 Å². The molecule has 0 spiro atoms. The maximum Gasteiger partial charge on any atom is 0.318 e. The predicted molar refractivity (Wildman–Crippen MR) is 158 cm³/mol. The summed E-state index contributed by atoms with van der Waals surface area (Å²) in [6.07, 6.45) is 1.90. The maximum absolute atomic E-state index is 15.0. The summed E-state index contributed by atoms with van der Waals surface area (Å²) in [5.74, 6) is 0.878. The Kier molecular flexibility index (Phi) is 6.27. The van der Waals surface area contributed by atoms with Crippen LogP contribution in [0.3, 0.4) is 0 Å². The Labute approximate surface area is 248 Å². The summed E-state index contributed by atoms with van der Waals surface area (Å²) in [6, 6.07) is 6.35. The molecule has 2 N–H and O–H groups in total. The Morgan fingerprint density at radius 3 is 2.77 bits per heavy atom. The number of phenolic OH excluding ortho intramolecular Hbond substituents is 1. The van der Waals surface area contributed by atoms with Crippen LogP contribution >= 0.6 is 0 Å². The van der Waals surface area contributed by atoms with Crippen molar-refractivity contribution in [1.82, 2.24) is 20.2 Å². The van der Waals surface area contributed by atoms with Gasteiger partial charge < -0.3 is 25.0 Å². The molecule has 4 fully saturated rings. The second kappa shape index (κ2) is 9.99. The van der Waals surface area contributed by atoms with Gasteiger partial charge in [0.1, 0.15) is 35.7 Å². The van der Waals surface area contributed by atoms with Gasteiger partial charge in [-0.15, -0.1) is 0 Å². The van der Waals surface area contributed by atoms with E-state index in [0.717, 1.165) is 45.6 Å². The number of ether oxygens (including phenoxy) is 1. The first kappa shape index (κ1) is 27.0. The molecule has 43 heavy (non-hydrogen) atoms. The number of benzene rings is 2.